The fourth-order valence-electron chi connectivity index (χ4n) is 0.618. The van der Waals surface area contributed by atoms with Crippen LogP contribution in [0.2, 0.25) is 0 Å². The maximum atomic E-state index is 9.02. The second kappa shape index (κ2) is 7.27. The molecule has 0 aromatic heterocycles. The van der Waals surface area contributed by atoms with Crippen LogP contribution in [0.5, 0.6) is 0 Å². The highest BCUT2D eigenvalue weighted by molar-refractivity contribution is 7.79. The first kappa shape index (κ1) is 15.3. The van der Waals surface area contributed by atoms with Crippen molar-refractivity contribution in [3.8, 4) is 0 Å². The van der Waals surface area contributed by atoms with Gasteiger partial charge in [-0.2, -0.15) is 0 Å². The summed E-state index contributed by atoms with van der Waals surface area (Å²) in [6.45, 7) is -0.692. The van der Waals surface area contributed by atoms with Crippen LogP contribution in [0.3, 0.4) is 0 Å². The van der Waals surface area contributed by atoms with E-state index in [1.165, 1.54) is 0 Å². The summed E-state index contributed by atoms with van der Waals surface area (Å²) in [6.07, 6.45) is -6.06. The molecule has 0 fully saturated rings. The zero-order valence-corrected chi connectivity index (χ0v) is 7.55. The standard InChI is InChI=1S/C6H12O5S.H2O/c7-1-3(8)5(10)6(11)4(9)2-12;/h2-11H,1H2;1H2/t3-,4+,5-,6-;/m1./s1. The first-order valence-electron chi connectivity index (χ1n) is 3.33. The molecular formula is C6H14O6S. The maximum absolute atomic E-state index is 9.02. The summed E-state index contributed by atoms with van der Waals surface area (Å²) in [5.41, 5.74) is 0. The Morgan fingerprint density at radius 3 is 1.85 bits per heavy atom. The third kappa shape index (κ3) is 4.58. The highest BCUT2D eigenvalue weighted by Crippen LogP contribution is 2.03. The van der Waals surface area contributed by atoms with Gasteiger partial charge in [-0.1, -0.05) is 12.2 Å². The number of aliphatic hydroxyl groups is 5. The van der Waals surface area contributed by atoms with Crippen molar-refractivity contribution in [3.05, 3.63) is 0 Å². The topological polar surface area (TPSA) is 133 Å². The van der Waals surface area contributed by atoms with Crippen molar-refractivity contribution in [2.45, 2.75) is 24.4 Å². The van der Waals surface area contributed by atoms with E-state index in [2.05, 4.69) is 12.2 Å². The predicted molar refractivity (Wildman–Crippen MR) is 48.4 cm³/mol. The maximum Gasteiger partial charge on any atom is 0.113 e. The van der Waals surface area contributed by atoms with E-state index in [1.54, 1.807) is 0 Å². The summed E-state index contributed by atoms with van der Waals surface area (Å²) in [5, 5.41) is 44.9. The minimum atomic E-state index is -1.61. The van der Waals surface area contributed by atoms with Crippen LogP contribution in [0.4, 0.5) is 0 Å². The molecule has 80 valence electrons. The second-order valence-electron chi connectivity index (χ2n) is 2.36. The molecule has 0 rings (SSSR count). The van der Waals surface area contributed by atoms with Crippen LogP contribution in [0.15, 0.2) is 0 Å². The molecule has 0 unspecified atom stereocenters. The molecule has 4 atom stereocenters. The Labute approximate surface area is 80.4 Å². The molecule has 0 bridgehead atoms. The van der Waals surface area contributed by atoms with E-state index in [4.69, 9.17) is 25.5 Å². The Hall–Kier alpha value is -0.150. The summed E-state index contributed by atoms with van der Waals surface area (Å²) < 4.78 is 0. The van der Waals surface area contributed by atoms with Crippen molar-refractivity contribution in [3.63, 3.8) is 0 Å². The van der Waals surface area contributed by atoms with Crippen LogP contribution in [-0.4, -0.2) is 67.4 Å². The molecule has 7 N–H and O–H groups in total. The van der Waals surface area contributed by atoms with Gasteiger partial charge in [-0.25, -0.2) is 0 Å². The SMILES string of the molecule is O.OC[C@@H](O)[C@@H](O)[C@H](O)[C@@H](O)C=S. The minimum Gasteiger partial charge on any atom is -0.412 e. The Balaban J connectivity index is 0. The molecule has 0 radical (unpaired) electrons. The normalized spacial score (nSPS) is 19.5. The molecule has 0 aliphatic rings. The van der Waals surface area contributed by atoms with Crippen molar-refractivity contribution < 1.29 is 31.0 Å². The van der Waals surface area contributed by atoms with Gasteiger partial charge in [0.05, 0.1) is 6.61 Å². The van der Waals surface area contributed by atoms with Crippen molar-refractivity contribution >= 4 is 17.6 Å². The molecule has 13 heavy (non-hydrogen) atoms. The first-order valence-corrected chi connectivity index (χ1v) is 3.80. The zero-order chi connectivity index (χ0) is 9.72. The average Bonchev–Trinajstić information content (AvgIpc) is 2.12. The van der Waals surface area contributed by atoms with Crippen LogP contribution in [0.1, 0.15) is 0 Å². The van der Waals surface area contributed by atoms with Gasteiger partial charge in [0.25, 0.3) is 0 Å². The van der Waals surface area contributed by atoms with Gasteiger partial charge < -0.3 is 31.0 Å². The van der Waals surface area contributed by atoms with Crippen molar-refractivity contribution in [2.75, 3.05) is 6.61 Å². The Bertz CT molecular complexity index is 143. The van der Waals surface area contributed by atoms with Crippen LogP contribution < -0.4 is 0 Å². The molecule has 0 aromatic carbocycles. The lowest BCUT2D eigenvalue weighted by Gasteiger charge is -2.23. The lowest BCUT2D eigenvalue weighted by molar-refractivity contribution is -0.0996. The zero-order valence-electron chi connectivity index (χ0n) is 6.74. The summed E-state index contributed by atoms with van der Waals surface area (Å²) in [5.74, 6) is 0. The van der Waals surface area contributed by atoms with Crippen LogP contribution >= 0.6 is 12.2 Å². The Morgan fingerprint density at radius 1 is 1.08 bits per heavy atom. The Kier molecular flexibility index (Phi) is 8.57. The molecule has 6 nitrogen and oxygen atoms in total. The van der Waals surface area contributed by atoms with Gasteiger partial charge in [-0.05, 0) is 0 Å². The van der Waals surface area contributed by atoms with E-state index < -0.39 is 31.0 Å². The van der Waals surface area contributed by atoms with Gasteiger partial charge in [-0.3, -0.25) is 0 Å². The third-order valence-electron chi connectivity index (χ3n) is 1.42. The summed E-state index contributed by atoms with van der Waals surface area (Å²) in [6, 6.07) is 0. The number of aliphatic hydroxyl groups excluding tert-OH is 5. The summed E-state index contributed by atoms with van der Waals surface area (Å²) in [7, 11) is 0. The summed E-state index contributed by atoms with van der Waals surface area (Å²) >= 11 is 4.30. The molecule has 0 heterocycles. The van der Waals surface area contributed by atoms with E-state index in [1.807, 2.05) is 0 Å². The van der Waals surface area contributed by atoms with Crippen LogP contribution in [-0.2, 0) is 0 Å². The van der Waals surface area contributed by atoms with Gasteiger partial charge in [0.1, 0.15) is 24.4 Å². The monoisotopic (exact) mass is 214 g/mol. The van der Waals surface area contributed by atoms with E-state index in [0.29, 0.717) is 0 Å². The fraction of sp³-hybridized carbons (Fsp3) is 0.833. The molecule has 0 spiro atoms. The molecule has 0 saturated carbocycles. The fourth-order valence-corrected chi connectivity index (χ4v) is 0.779. The van der Waals surface area contributed by atoms with E-state index >= 15 is 0 Å². The smallest absolute Gasteiger partial charge is 0.113 e. The number of hydrogen-bond acceptors (Lipinski definition) is 6. The number of hydrogen-bond donors (Lipinski definition) is 5. The molecule has 0 saturated heterocycles. The largest absolute Gasteiger partial charge is 0.412 e. The van der Waals surface area contributed by atoms with Gasteiger partial charge >= 0.3 is 0 Å². The molecule has 0 aliphatic carbocycles. The van der Waals surface area contributed by atoms with Gasteiger partial charge in [0.2, 0.25) is 0 Å². The lowest BCUT2D eigenvalue weighted by Crippen LogP contribution is -2.46. The molecular weight excluding hydrogens is 200 g/mol. The van der Waals surface area contributed by atoms with Gasteiger partial charge in [0.15, 0.2) is 0 Å². The minimum absolute atomic E-state index is 0. The molecule has 0 aromatic rings. The highest BCUT2D eigenvalue weighted by atomic mass is 32.1. The van der Waals surface area contributed by atoms with Crippen molar-refractivity contribution in [2.24, 2.45) is 0 Å². The van der Waals surface area contributed by atoms with Gasteiger partial charge in [0, 0.05) is 5.37 Å². The molecule has 7 heteroatoms. The average molecular weight is 214 g/mol. The van der Waals surface area contributed by atoms with E-state index in [-0.39, 0.29) is 5.48 Å². The van der Waals surface area contributed by atoms with Crippen molar-refractivity contribution in [1.82, 2.24) is 0 Å². The van der Waals surface area contributed by atoms with Crippen LogP contribution in [0, 0.1) is 0 Å². The quantitative estimate of drug-likeness (QED) is 0.303. The molecule has 0 amide bonds. The van der Waals surface area contributed by atoms with Crippen LogP contribution in [0.25, 0.3) is 0 Å². The number of rotatable bonds is 5. The number of thiocarbonyl (C=S) groups is 1. The van der Waals surface area contributed by atoms with E-state index in [0.717, 1.165) is 5.37 Å². The molecule has 0 aliphatic heterocycles. The van der Waals surface area contributed by atoms with Gasteiger partial charge in [-0.15, -0.1) is 0 Å². The van der Waals surface area contributed by atoms with Crippen molar-refractivity contribution in [1.29, 1.82) is 0 Å². The first-order chi connectivity index (χ1) is 5.54. The van der Waals surface area contributed by atoms with E-state index in [9.17, 15) is 0 Å². The predicted octanol–water partition coefficient (Wildman–Crippen LogP) is -3.40. The third-order valence-corrected chi connectivity index (χ3v) is 1.70. The second-order valence-corrected chi connectivity index (χ2v) is 2.63. The summed E-state index contributed by atoms with van der Waals surface area (Å²) in [4.78, 5) is 0. The lowest BCUT2D eigenvalue weighted by atomic mass is 10.0. The highest BCUT2D eigenvalue weighted by Gasteiger charge is 2.28. The Morgan fingerprint density at radius 2 is 1.54 bits per heavy atom.